The third kappa shape index (κ3) is 1.71. The molecule has 2 nitrogen and oxygen atoms in total. The fourth-order valence-corrected chi connectivity index (χ4v) is 3.44. The Bertz CT molecular complexity index is 706. The Labute approximate surface area is 122 Å². The highest BCUT2D eigenvalue weighted by atomic mass is 35.5. The van der Waals surface area contributed by atoms with Crippen molar-refractivity contribution in [1.82, 2.24) is 0 Å². The number of rotatable bonds is 0. The number of ketones is 1. The van der Waals surface area contributed by atoms with Crippen LogP contribution in [0, 0.1) is 17.8 Å². The summed E-state index contributed by atoms with van der Waals surface area (Å²) < 4.78 is 0. The summed E-state index contributed by atoms with van der Waals surface area (Å²) in [6, 6.07) is 5.74. The van der Waals surface area contributed by atoms with Gasteiger partial charge in [0.05, 0.1) is 11.7 Å². The number of terminal acetylenes is 1. The summed E-state index contributed by atoms with van der Waals surface area (Å²) in [6.07, 6.45) is 10.1. The number of carbonyl (C=O) groups is 1. The minimum absolute atomic E-state index is 0.193. The Hall–Kier alpha value is -1.98. The lowest BCUT2D eigenvalue weighted by Crippen LogP contribution is -2.32. The number of benzene rings is 1. The largest absolute Gasteiger partial charge is 0.515 e. The highest BCUT2D eigenvalue weighted by molar-refractivity contribution is 6.33. The van der Waals surface area contributed by atoms with E-state index in [9.17, 15) is 9.90 Å². The summed E-state index contributed by atoms with van der Waals surface area (Å²) >= 11 is 6.31. The SMILES string of the molecule is C#CC12CCc3cccc(Cl)c3C1=CC(=O)/C(=C/O)C2. The first-order valence-corrected chi connectivity index (χ1v) is 6.84. The summed E-state index contributed by atoms with van der Waals surface area (Å²) in [6.45, 7) is 0. The van der Waals surface area contributed by atoms with Crippen LogP contribution >= 0.6 is 11.6 Å². The van der Waals surface area contributed by atoms with Crippen molar-refractivity contribution in [3.05, 3.63) is 52.3 Å². The Balaban J connectivity index is 2.28. The van der Waals surface area contributed by atoms with Crippen molar-refractivity contribution in [2.45, 2.75) is 19.3 Å². The molecule has 0 radical (unpaired) electrons. The summed E-state index contributed by atoms with van der Waals surface area (Å²) in [5.74, 6) is 2.65. The van der Waals surface area contributed by atoms with E-state index >= 15 is 0 Å². The van der Waals surface area contributed by atoms with E-state index < -0.39 is 5.41 Å². The van der Waals surface area contributed by atoms with Gasteiger partial charge in [-0.15, -0.1) is 6.42 Å². The molecule has 0 bridgehead atoms. The number of aliphatic hydroxyl groups is 1. The summed E-state index contributed by atoms with van der Waals surface area (Å²) in [7, 11) is 0. The van der Waals surface area contributed by atoms with Crippen molar-refractivity contribution < 1.29 is 9.90 Å². The molecule has 0 spiro atoms. The molecule has 3 heteroatoms. The molecule has 0 aromatic heterocycles. The molecular weight excluding hydrogens is 272 g/mol. The van der Waals surface area contributed by atoms with E-state index in [1.54, 1.807) is 0 Å². The van der Waals surface area contributed by atoms with E-state index in [1.165, 1.54) is 6.08 Å². The minimum Gasteiger partial charge on any atom is -0.515 e. The number of fused-ring (bicyclic) bond motifs is 3. The first kappa shape index (κ1) is 13.0. The molecule has 1 aromatic carbocycles. The van der Waals surface area contributed by atoms with E-state index in [2.05, 4.69) is 5.92 Å². The number of allylic oxidation sites excluding steroid dienone is 3. The van der Waals surface area contributed by atoms with Crippen LogP contribution in [0.2, 0.25) is 5.02 Å². The second-order valence-electron chi connectivity index (χ2n) is 5.25. The van der Waals surface area contributed by atoms with E-state index in [-0.39, 0.29) is 5.78 Å². The van der Waals surface area contributed by atoms with Gasteiger partial charge in [0.25, 0.3) is 0 Å². The lowest BCUT2D eigenvalue weighted by molar-refractivity contribution is -0.112. The number of halogens is 1. The summed E-state index contributed by atoms with van der Waals surface area (Å²) in [4.78, 5) is 12.0. The molecule has 20 heavy (non-hydrogen) atoms. The number of hydrogen-bond donors (Lipinski definition) is 1. The zero-order valence-corrected chi connectivity index (χ0v) is 11.6. The van der Waals surface area contributed by atoms with Gasteiger partial charge in [-0.1, -0.05) is 29.7 Å². The number of aryl methyl sites for hydroxylation is 1. The van der Waals surface area contributed by atoms with E-state index in [0.29, 0.717) is 17.0 Å². The van der Waals surface area contributed by atoms with E-state index in [4.69, 9.17) is 18.0 Å². The zero-order chi connectivity index (χ0) is 14.3. The Morgan fingerprint density at radius 3 is 2.95 bits per heavy atom. The lowest BCUT2D eigenvalue weighted by atomic mass is 9.62. The fraction of sp³-hybridized carbons (Fsp3) is 0.235. The van der Waals surface area contributed by atoms with Gasteiger partial charge in [-0.05, 0) is 42.5 Å². The average molecular weight is 285 g/mol. The van der Waals surface area contributed by atoms with Crippen molar-refractivity contribution in [3.63, 3.8) is 0 Å². The van der Waals surface area contributed by atoms with Gasteiger partial charge >= 0.3 is 0 Å². The van der Waals surface area contributed by atoms with Crippen molar-refractivity contribution in [1.29, 1.82) is 0 Å². The average Bonchev–Trinajstić information content (AvgIpc) is 2.47. The van der Waals surface area contributed by atoms with Crippen LogP contribution in [-0.4, -0.2) is 10.9 Å². The Morgan fingerprint density at radius 2 is 2.25 bits per heavy atom. The van der Waals surface area contributed by atoms with Crippen molar-refractivity contribution in [2.24, 2.45) is 5.41 Å². The molecule has 3 rings (SSSR count). The maximum absolute atomic E-state index is 12.0. The van der Waals surface area contributed by atoms with Gasteiger partial charge in [0.15, 0.2) is 5.78 Å². The second kappa shape index (κ2) is 4.54. The third-order valence-corrected chi connectivity index (χ3v) is 4.54. The van der Waals surface area contributed by atoms with E-state index in [1.807, 2.05) is 18.2 Å². The van der Waals surface area contributed by atoms with Crippen LogP contribution in [0.15, 0.2) is 36.1 Å². The molecule has 0 saturated carbocycles. The number of hydrogen-bond acceptors (Lipinski definition) is 2. The molecular formula is C17H13ClO2. The van der Waals surface area contributed by atoms with Crippen LogP contribution in [0.25, 0.3) is 5.57 Å². The molecule has 0 aliphatic heterocycles. The summed E-state index contributed by atoms with van der Waals surface area (Å²) in [5, 5.41) is 9.83. The smallest absolute Gasteiger partial charge is 0.185 e. The molecule has 2 aliphatic carbocycles. The monoisotopic (exact) mass is 284 g/mol. The van der Waals surface area contributed by atoms with Crippen LogP contribution in [0.1, 0.15) is 24.0 Å². The van der Waals surface area contributed by atoms with Crippen molar-refractivity contribution in [2.75, 3.05) is 0 Å². The maximum atomic E-state index is 12.0. The number of carbonyl (C=O) groups excluding carboxylic acids is 1. The predicted octanol–water partition coefficient (Wildman–Crippen LogP) is 3.70. The summed E-state index contributed by atoms with van der Waals surface area (Å²) in [5.41, 5.74) is 2.66. The zero-order valence-electron chi connectivity index (χ0n) is 10.8. The first-order chi connectivity index (χ1) is 9.61. The van der Waals surface area contributed by atoms with Gasteiger partial charge in [0.2, 0.25) is 0 Å². The molecule has 100 valence electrons. The maximum Gasteiger partial charge on any atom is 0.185 e. The molecule has 0 fully saturated rings. The molecule has 1 atom stereocenters. The minimum atomic E-state index is -0.541. The van der Waals surface area contributed by atoms with Crippen LogP contribution in [0.3, 0.4) is 0 Å². The van der Waals surface area contributed by atoms with Gasteiger partial charge in [-0.3, -0.25) is 4.79 Å². The van der Waals surface area contributed by atoms with Gasteiger partial charge in [-0.25, -0.2) is 0 Å². The molecule has 1 aromatic rings. The lowest BCUT2D eigenvalue weighted by Gasteiger charge is -2.39. The topological polar surface area (TPSA) is 37.3 Å². The van der Waals surface area contributed by atoms with Gasteiger partial charge in [-0.2, -0.15) is 0 Å². The van der Waals surface area contributed by atoms with Crippen LogP contribution in [0.4, 0.5) is 0 Å². The molecule has 0 amide bonds. The standard InChI is InChI=1S/C17H13ClO2/c1-2-17-7-6-11-4-3-5-14(18)16(11)13(17)8-15(20)12(9-17)10-19/h1,3-5,8,10,19H,6-7,9H2/b12-10+. The number of aliphatic hydroxyl groups excluding tert-OH is 1. The molecule has 2 aliphatic rings. The molecule has 0 saturated heterocycles. The van der Waals surface area contributed by atoms with Gasteiger partial charge in [0.1, 0.15) is 0 Å². The van der Waals surface area contributed by atoms with Crippen molar-refractivity contribution in [3.8, 4) is 12.3 Å². The van der Waals surface area contributed by atoms with Crippen LogP contribution in [-0.2, 0) is 11.2 Å². The van der Waals surface area contributed by atoms with Crippen LogP contribution < -0.4 is 0 Å². The molecule has 1 N–H and O–H groups in total. The Kier molecular flexibility index (Phi) is 2.96. The predicted molar refractivity (Wildman–Crippen MR) is 79.4 cm³/mol. The quantitative estimate of drug-likeness (QED) is 0.448. The fourth-order valence-electron chi connectivity index (χ4n) is 3.14. The molecule has 0 heterocycles. The first-order valence-electron chi connectivity index (χ1n) is 6.46. The molecule has 1 unspecified atom stereocenters. The highest BCUT2D eigenvalue weighted by Crippen LogP contribution is 2.52. The second-order valence-corrected chi connectivity index (χ2v) is 5.66. The van der Waals surface area contributed by atoms with E-state index in [0.717, 1.165) is 35.8 Å². The Morgan fingerprint density at radius 1 is 1.45 bits per heavy atom. The third-order valence-electron chi connectivity index (χ3n) is 4.22. The van der Waals surface area contributed by atoms with Crippen LogP contribution in [0.5, 0.6) is 0 Å². The van der Waals surface area contributed by atoms with Crippen molar-refractivity contribution >= 4 is 23.0 Å². The highest BCUT2D eigenvalue weighted by Gasteiger charge is 2.43. The van der Waals surface area contributed by atoms with Gasteiger partial charge in [0, 0.05) is 16.2 Å². The van der Waals surface area contributed by atoms with Gasteiger partial charge < -0.3 is 5.11 Å². The normalized spacial score (nSPS) is 26.5.